The SMILES string of the molecule is CCCN1C(=O)C(=O)/C(=C(\O)c2cccc(OCC)c2)C1c1cccc(OCCCO)c1. The number of likely N-dealkylation sites (tertiary alicyclic amines) is 1. The predicted molar refractivity (Wildman–Crippen MR) is 121 cm³/mol. The van der Waals surface area contributed by atoms with Gasteiger partial charge in [0.05, 0.1) is 24.8 Å². The van der Waals surface area contributed by atoms with E-state index in [0.717, 1.165) is 0 Å². The Labute approximate surface area is 187 Å². The monoisotopic (exact) mass is 439 g/mol. The van der Waals surface area contributed by atoms with Crippen molar-refractivity contribution in [3.05, 3.63) is 65.2 Å². The molecule has 0 spiro atoms. The fourth-order valence-corrected chi connectivity index (χ4v) is 3.78. The van der Waals surface area contributed by atoms with Crippen LogP contribution >= 0.6 is 0 Å². The summed E-state index contributed by atoms with van der Waals surface area (Å²) >= 11 is 0. The number of aliphatic hydroxyl groups is 2. The number of hydrogen-bond donors (Lipinski definition) is 2. The summed E-state index contributed by atoms with van der Waals surface area (Å²) in [6.45, 7) is 5.00. The number of nitrogens with zero attached hydrogens (tertiary/aromatic N) is 1. The highest BCUT2D eigenvalue weighted by Crippen LogP contribution is 2.40. The summed E-state index contributed by atoms with van der Waals surface area (Å²) in [6.07, 6.45) is 1.16. The average molecular weight is 440 g/mol. The Hall–Kier alpha value is -3.32. The minimum absolute atomic E-state index is 0.0250. The maximum atomic E-state index is 13.0. The van der Waals surface area contributed by atoms with Gasteiger partial charge in [0.25, 0.3) is 11.7 Å². The molecule has 1 atom stereocenters. The summed E-state index contributed by atoms with van der Waals surface area (Å²) in [5.41, 5.74) is 1.12. The second-order valence-corrected chi connectivity index (χ2v) is 7.45. The van der Waals surface area contributed by atoms with Crippen LogP contribution in [0.25, 0.3) is 5.76 Å². The number of amides is 1. The normalized spacial score (nSPS) is 17.6. The van der Waals surface area contributed by atoms with Crippen molar-refractivity contribution in [3.8, 4) is 11.5 Å². The topological polar surface area (TPSA) is 96.3 Å². The molecular formula is C25H29NO6. The fourth-order valence-electron chi connectivity index (χ4n) is 3.78. The predicted octanol–water partition coefficient (Wildman–Crippen LogP) is 3.68. The van der Waals surface area contributed by atoms with Crippen molar-refractivity contribution in [1.82, 2.24) is 4.90 Å². The van der Waals surface area contributed by atoms with Crippen molar-refractivity contribution >= 4 is 17.4 Å². The van der Waals surface area contributed by atoms with E-state index in [4.69, 9.17) is 14.6 Å². The molecule has 1 amide bonds. The summed E-state index contributed by atoms with van der Waals surface area (Å²) < 4.78 is 11.2. The summed E-state index contributed by atoms with van der Waals surface area (Å²) in [5.74, 6) is -0.452. The van der Waals surface area contributed by atoms with E-state index in [9.17, 15) is 14.7 Å². The van der Waals surface area contributed by atoms with Gasteiger partial charge in [-0.1, -0.05) is 31.2 Å². The van der Waals surface area contributed by atoms with Gasteiger partial charge in [-0.25, -0.2) is 0 Å². The largest absolute Gasteiger partial charge is 0.507 e. The van der Waals surface area contributed by atoms with E-state index in [1.807, 2.05) is 19.9 Å². The van der Waals surface area contributed by atoms with Crippen molar-refractivity contribution in [2.75, 3.05) is 26.4 Å². The van der Waals surface area contributed by atoms with Crippen molar-refractivity contribution in [3.63, 3.8) is 0 Å². The van der Waals surface area contributed by atoms with Crippen molar-refractivity contribution in [2.24, 2.45) is 0 Å². The number of carbonyl (C=O) groups is 2. The number of rotatable bonds is 10. The number of benzene rings is 2. The molecule has 0 aliphatic carbocycles. The lowest BCUT2D eigenvalue weighted by Gasteiger charge is -2.25. The van der Waals surface area contributed by atoms with E-state index in [1.165, 1.54) is 4.90 Å². The highest BCUT2D eigenvalue weighted by molar-refractivity contribution is 6.46. The molecule has 1 aliphatic rings. The maximum Gasteiger partial charge on any atom is 0.295 e. The van der Waals surface area contributed by atoms with E-state index in [1.54, 1.807) is 42.5 Å². The number of Topliss-reactive ketones (excluding diaryl/α,β-unsaturated/α-hetero) is 1. The molecule has 1 unspecified atom stereocenters. The molecule has 2 N–H and O–H groups in total. The van der Waals surface area contributed by atoms with Crippen LogP contribution in [-0.2, 0) is 9.59 Å². The lowest BCUT2D eigenvalue weighted by atomic mass is 9.95. The summed E-state index contributed by atoms with van der Waals surface area (Å²) in [6, 6.07) is 13.2. The van der Waals surface area contributed by atoms with Crippen LogP contribution < -0.4 is 9.47 Å². The highest BCUT2D eigenvalue weighted by Gasteiger charge is 2.45. The number of ketones is 1. The van der Waals surface area contributed by atoms with Crippen LogP contribution in [0.5, 0.6) is 11.5 Å². The van der Waals surface area contributed by atoms with Crippen molar-refractivity contribution < 1.29 is 29.3 Å². The first kappa shape index (κ1) is 23.3. The van der Waals surface area contributed by atoms with E-state index in [2.05, 4.69) is 0 Å². The van der Waals surface area contributed by atoms with Crippen LogP contribution in [0.2, 0.25) is 0 Å². The molecule has 3 rings (SSSR count). The minimum Gasteiger partial charge on any atom is -0.507 e. The first-order valence-electron chi connectivity index (χ1n) is 10.9. The molecule has 1 saturated heterocycles. The van der Waals surface area contributed by atoms with Gasteiger partial charge in [0.1, 0.15) is 17.3 Å². The molecule has 32 heavy (non-hydrogen) atoms. The zero-order valence-corrected chi connectivity index (χ0v) is 18.4. The molecular weight excluding hydrogens is 410 g/mol. The molecule has 2 aromatic carbocycles. The first-order chi connectivity index (χ1) is 15.5. The van der Waals surface area contributed by atoms with E-state index in [0.29, 0.717) is 55.2 Å². The molecule has 0 aromatic heterocycles. The number of carbonyl (C=O) groups excluding carboxylic acids is 2. The first-order valence-corrected chi connectivity index (χ1v) is 10.9. The van der Waals surface area contributed by atoms with Gasteiger partial charge in [0.2, 0.25) is 0 Å². The Morgan fingerprint density at radius 1 is 1.03 bits per heavy atom. The molecule has 1 aliphatic heterocycles. The Kier molecular flexibility index (Phi) is 7.89. The standard InChI is InChI=1S/C25H29NO6/c1-3-12-26-22(17-8-5-11-20(15-17)32-14-7-13-27)21(24(29)25(26)30)23(28)18-9-6-10-19(16-18)31-4-2/h5-6,8-11,15-16,22,27-28H,3-4,7,12-14H2,1-2H3/b23-21-. The van der Waals surface area contributed by atoms with E-state index >= 15 is 0 Å². The van der Waals surface area contributed by atoms with Gasteiger partial charge < -0.3 is 24.6 Å². The Balaban J connectivity index is 2.08. The number of hydrogen-bond acceptors (Lipinski definition) is 6. The van der Waals surface area contributed by atoms with Gasteiger partial charge in [0.15, 0.2) is 0 Å². The van der Waals surface area contributed by atoms with Crippen molar-refractivity contribution in [1.29, 1.82) is 0 Å². The zero-order valence-electron chi connectivity index (χ0n) is 18.4. The summed E-state index contributed by atoms with van der Waals surface area (Å²) in [4.78, 5) is 27.3. The average Bonchev–Trinajstić information content (AvgIpc) is 3.05. The second kappa shape index (κ2) is 10.8. The third-order valence-electron chi connectivity index (χ3n) is 5.17. The third kappa shape index (κ3) is 4.94. The van der Waals surface area contributed by atoms with Gasteiger partial charge in [-0.3, -0.25) is 9.59 Å². The van der Waals surface area contributed by atoms with Crippen LogP contribution in [0, 0.1) is 0 Å². The van der Waals surface area contributed by atoms with Gasteiger partial charge in [0, 0.05) is 25.1 Å². The Morgan fingerprint density at radius 3 is 2.44 bits per heavy atom. The minimum atomic E-state index is -0.730. The Morgan fingerprint density at radius 2 is 1.75 bits per heavy atom. The van der Waals surface area contributed by atoms with Crippen LogP contribution in [0.4, 0.5) is 0 Å². The molecule has 0 radical (unpaired) electrons. The van der Waals surface area contributed by atoms with Crippen molar-refractivity contribution in [2.45, 2.75) is 32.7 Å². The van der Waals surface area contributed by atoms with Gasteiger partial charge in [-0.2, -0.15) is 0 Å². The van der Waals surface area contributed by atoms with Gasteiger partial charge in [-0.15, -0.1) is 0 Å². The molecule has 170 valence electrons. The lowest BCUT2D eigenvalue weighted by molar-refractivity contribution is -0.139. The van der Waals surface area contributed by atoms with Crippen LogP contribution in [0.1, 0.15) is 43.9 Å². The van der Waals surface area contributed by atoms with Crippen LogP contribution in [0.3, 0.4) is 0 Å². The molecule has 2 aromatic rings. The van der Waals surface area contributed by atoms with Gasteiger partial charge >= 0.3 is 0 Å². The van der Waals surface area contributed by atoms with Crippen LogP contribution in [0.15, 0.2) is 54.1 Å². The fraction of sp³-hybridized carbons (Fsp3) is 0.360. The smallest absolute Gasteiger partial charge is 0.295 e. The highest BCUT2D eigenvalue weighted by atomic mass is 16.5. The molecule has 0 saturated carbocycles. The summed E-state index contributed by atoms with van der Waals surface area (Å²) in [5, 5.41) is 20.1. The number of ether oxygens (including phenoxy) is 2. The van der Waals surface area contributed by atoms with E-state index in [-0.39, 0.29) is 17.9 Å². The molecule has 7 heteroatoms. The van der Waals surface area contributed by atoms with E-state index < -0.39 is 17.7 Å². The van der Waals surface area contributed by atoms with Crippen LogP contribution in [-0.4, -0.2) is 53.2 Å². The molecule has 0 bridgehead atoms. The molecule has 7 nitrogen and oxygen atoms in total. The third-order valence-corrected chi connectivity index (χ3v) is 5.17. The molecule has 1 heterocycles. The zero-order chi connectivity index (χ0) is 23.1. The lowest BCUT2D eigenvalue weighted by Crippen LogP contribution is -2.30. The number of aliphatic hydroxyl groups excluding tert-OH is 2. The quantitative estimate of drug-likeness (QED) is 0.254. The molecule has 1 fully saturated rings. The summed E-state index contributed by atoms with van der Waals surface area (Å²) in [7, 11) is 0. The Bertz CT molecular complexity index is 999. The maximum absolute atomic E-state index is 13.0. The van der Waals surface area contributed by atoms with Gasteiger partial charge in [-0.05, 0) is 43.2 Å². The second-order valence-electron chi connectivity index (χ2n) is 7.45.